The van der Waals surface area contributed by atoms with Crippen LogP contribution in [0.4, 0.5) is 0 Å². The summed E-state index contributed by atoms with van der Waals surface area (Å²) in [6, 6.07) is 0. The molecule has 0 radical (unpaired) electrons. The van der Waals surface area contributed by atoms with Crippen LogP contribution in [0.1, 0.15) is 45.4 Å². The van der Waals surface area contributed by atoms with Crippen molar-refractivity contribution in [3.63, 3.8) is 0 Å². The highest BCUT2D eigenvalue weighted by atomic mass is 16.3. The third-order valence-electron chi connectivity index (χ3n) is 5.98. The smallest absolute Gasteiger partial charge is 0.141 e. The Kier molecular flexibility index (Phi) is 2.36. The molecule has 3 nitrogen and oxygen atoms in total. The normalized spacial score (nSPS) is 49.6. The van der Waals surface area contributed by atoms with E-state index in [1.165, 1.54) is 5.57 Å². The molecule has 1 N–H and O–H groups in total. The van der Waals surface area contributed by atoms with Crippen molar-refractivity contribution < 1.29 is 9.90 Å². The Morgan fingerprint density at radius 2 is 2.21 bits per heavy atom. The van der Waals surface area contributed by atoms with Crippen LogP contribution >= 0.6 is 0 Å². The number of piperidine rings is 1. The van der Waals surface area contributed by atoms with Crippen molar-refractivity contribution in [2.75, 3.05) is 13.1 Å². The number of hydrogen-bond acceptors (Lipinski definition) is 3. The second-order valence-corrected chi connectivity index (χ2v) is 7.20. The van der Waals surface area contributed by atoms with Crippen LogP contribution in [0.25, 0.3) is 0 Å². The molecule has 0 aromatic carbocycles. The van der Waals surface area contributed by atoms with Crippen molar-refractivity contribution in [2.24, 2.45) is 11.8 Å². The van der Waals surface area contributed by atoms with Crippen molar-refractivity contribution in [2.45, 2.75) is 56.6 Å². The lowest BCUT2D eigenvalue weighted by Gasteiger charge is -2.64. The highest BCUT2D eigenvalue weighted by Crippen LogP contribution is 2.58. The fourth-order valence-corrected chi connectivity index (χ4v) is 5.63. The predicted octanol–water partition coefficient (Wildman–Crippen LogP) is 1.90. The number of carbonyl (C=O) groups is 1. The topological polar surface area (TPSA) is 40.5 Å². The molecule has 0 unspecified atom stereocenters. The first-order valence-electron chi connectivity index (χ1n) is 7.77. The minimum atomic E-state index is -0.832. The molecule has 0 amide bonds. The predicted molar refractivity (Wildman–Crippen MR) is 72.7 cm³/mol. The molecular weight excluding hydrogens is 238 g/mol. The van der Waals surface area contributed by atoms with Crippen LogP contribution in [0.5, 0.6) is 0 Å². The first kappa shape index (κ1) is 12.1. The number of ketones is 1. The number of rotatable bonds is 0. The van der Waals surface area contributed by atoms with Crippen molar-refractivity contribution in [3.05, 3.63) is 11.6 Å². The SMILES string of the molecule is C[C@@H]1C[C@@]2(O)CC(=O)[C@H]3CCCN4CCC=C2[C@]34C1. The highest BCUT2D eigenvalue weighted by Gasteiger charge is 2.64. The van der Waals surface area contributed by atoms with E-state index in [0.29, 0.717) is 18.1 Å². The summed E-state index contributed by atoms with van der Waals surface area (Å²) in [5.74, 6) is 0.977. The maximum absolute atomic E-state index is 12.6. The number of carbonyl (C=O) groups excluding carboxylic acids is 1. The van der Waals surface area contributed by atoms with Gasteiger partial charge in [0, 0.05) is 18.9 Å². The fraction of sp³-hybridized carbons (Fsp3) is 0.812. The molecule has 2 aliphatic heterocycles. The van der Waals surface area contributed by atoms with Crippen LogP contribution < -0.4 is 0 Å². The van der Waals surface area contributed by atoms with Crippen LogP contribution in [0.15, 0.2) is 11.6 Å². The zero-order valence-corrected chi connectivity index (χ0v) is 11.7. The summed E-state index contributed by atoms with van der Waals surface area (Å²) >= 11 is 0. The van der Waals surface area contributed by atoms with Gasteiger partial charge in [0.1, 0.15) is 5.78 Å². The zero-order valence-electron chi connectivity index (χ0n) is 11.7. The minimum Gasteiger partial charge on any atom is -0.385 e. The summed E-state index contributed by atoms with van der Waals surface area (Å²) in [6.07, 6.45) is 7.67. The van der Waals surface area contributed by atoms with Crippen LogP contribution in [-0.4, -0.2) is 40.0 Å². The summed E-state index contributed by atoms with van der Waals surface area (Å²) in [4.78, 5) is 15.1. The van der Waals surface area contributed by atoms with Gasteiger partial charge >= 0.3 is 0 Å². The van der Waals surface area contributed by atoms with Crippen LogP contribution in [0, 0.1) is 11.8 Å². The molecule has 4 atom stereocenters. The zero-order chi connectivity index (χ0) is 13.3. The summed E-state index contributed by atoms with van der Waals surface area (Å²) in [7, 11) is 0. The molecule has 2 heterocycles. The van der Waals surface area contributed by atoms with Crippen LogP contribution in [0.2, 0.25) is 0 Å². The van der Waals surface area contributed by atoms with Gasteiger partial charge < -0.3 is 5.11 Å². The maximum atomic E-state index is 12.6. The molecule has 0 aromatic rings. The van der Waals surface area contributed by atoms with Crippen molar-refractivity contribution in [1.29, 1.82) is 0 Å². The summed E-state index contributed by atoms with van der Waals surface area (Å²) in [5, 5.41) is 11.1. The summed E-state index contributed by atoms with van der Waals surface area (Å²) in [6.45, 7) is 4.41. The molecule has 2 bridgehead atoms. The first-order valence-corrected chi connectivity index (χ1v) is 7.77. The molecular formula is C16H23NO2. The Hall–Kier alpha value is -0.670. The van der Waals surface area contributed by atoms with Gasteiger partial charge in [-0.1, -0.05) is 13.0 Å². The van der Waals surface area contributed by atoms with E-state index in [-0.39, 0.29) is 11.5 Å². The lowest BCUT2D eigenvalue weighted by molar-refractivity contribution is -0.154. The van der Waals surface area contributed by atoms with Gasteiger partial charge in [-0.3, -0.25) is 9.69 Å². The van der Waals surface area contributed by atoms with Crippen LogP contribution in [0.3, 0.4) is 0 Å². The van der Waals surface area contributed by atoms with Gasteiger partial charge in [-0.2, -0.15) is 0 Å². The van der Waals surface area contributed by atoms with Crippen molar-refractivity contribution in [1.82, 2.24) is 4.90 Å². The van der Waals surface area contributed by atoms with Crippen molar-refractivity contribution in [3.8, 4) is 0 Å². The van der Waals surface area contributed by atoms with Gasteiger partial charge in [-0.05, 0) is 50.1 Å². The van der Waals surface area contributed by atoms with E-state index in [1.54, 1.807) is 0 Å². The Morgan fingerprint density at radius 1 is 1.37 bits per heavy atom. The average molecular weight is 261 g/mol. The second-order valence-electron chi connectivity index (χ2n) is 7.20. The lowest BCUT2D eigenvalue weighted by atomic mass is 9.50. The van der Waals surface area contributed by atoms with E-state index >= 15 is 0 Å². The number of hydrogen-bond donors (Lipinski definition) is 1. The van der Waals surface area contributed by atoms with Gasteiger partial charge in [-0.15, -0.1) is 0 Å². The molecule has 19 heavy (non-hydrogen) atoms. The minimum absolute atomic E-state index is 0.113. The molecule has 1 saturated heterocycles. The van der Waals surface area contributed by atoms with E-state index in [9.17, 15) is 9.90 Å². The first-order chi connectivity index (χ1) is 9.06. The van der Waals surface area contributed by atoms with Gasteiger partial charge in [-0.25, -0.2) is 0 Å². The fourth-order valence-electron chi connectivity index (χ4n) is 5.63. The Morgan fingerprint density at radius 3 is 3.05 bits per heavy atom. The number of nitrogens with zero attached hydrogens (tertiary/aromatic N) is 1. The summed E-state index contributed by atoms with van der Waals surface area (Å²) in [5.41, 5.74) is 0.271. The molecule has 1 spiro atoms. The summed E-state index contributed by atoms with van der Waals surface area (Å²) < 4.78 is 0. The Bertz CT molecular complexity index is 471. The van der Waals surface area contributed by atoms with E-state index in [4.69, 9.17) is 0 Å². The monoisotopic (exact) mass is 261 g/mol. The van der Waals surface area contributed by atoms with Gasteiger partial charge in [0.15, 0.2) is 0 Å². The molecule has 104 valence electrons. The molecule has 3 heteroatoms. The van der Waals surface area contributed by atoms with Crippen LogP contribution in [-0.2, 0) is 4.79 Å². The van der Waals surface area contributed by atoms with Gasteiger partial charge in [0.2, 0.25) is 0 Å². The molecule has 3 fully saturated rings. The third kappa shape index (κ3) is 1.38. The standard InChI is InChI=1S/C16H23NO2/c1-11-8-15(19)10-13(18)12-4-2-6-17-7-3-5-14(15)16(12,17)9-11/h5,11-12,19H,2-4,6-10H2,1H3/t11-,12-,15-,16+/m1/s1. The molecule has 4 rings (SSSR count). The molecule has 4 aliphatic rings. The maximum Gasteiger partial charge on any atom is 0.141 e. The van der Waals surface area contributed by atoms with Gasteiger partial charge in [0.25, 0.3) is 0 Å². The van der Waals surface area contributed by atoms with E-state index in [1.807, 2.05) is 0 Å². The Balaban J connectivity index is 1.93. The van der Waals surface area contributed by atoms with E-state index < -0.39 is 5.60 Å². The van der Waals surface area contributed by atoms with Crippen molar-refractivity contribution >= 4 is 5.78 Å². The second kappa shape index (κ2) is 3.70. The van der Waals surface area contributed by atoms with E-state index in [2.05, 4.69) is 17.9 Å². The molecule has 2 aliphatic carbocycles. The highest BCUT2D eigenvalue weighted by molar-refractivity contribution is 5.87. The largest absolute Gasteiger partial charge is 0.385 e. The third-order valence-corrected chi connectivity index (χ3v) is 5.98. The number of Topliss-reactive ketones (excluding diaryl/α,β-unsaturated/α-hetero) is 1. The quantitative estimate of drug-likeness (QED) is 0.677. The number of aliphatic hydroxyl groups is 1. The lowest BCUT2D eigenvalue weighted by Crippen LogP contribution is -2.71. The van der Waals surface area contributed by atoms with Gasteiger partial charge in [0.05, 0.1) is 11.1 Å². The van der Waals surface area contributed by atoms with E-state index in [0.717, 1.165) is 45.2 Å². The average Bonchev–Trinajstić information content (AvgIpc) is 2.33. The molecule has 2 saturated carbocycles. The Labute approximate surface area is 114 Å². The molecule has 0 aromatic heterocycles.